The molecule has 0 aromatic heterocycles. The molecule has 4 aliphatic carbocycles. The van der Waals surface area contributed by atoms with Crippen LogP contribution in [0.3, 0.4) is 0 Å². The van der Waals surface area contributed by atoms with E-state index in [1.54, 1.807) is 0 Å². The van der Waals surface area contributed by atoms with Crippen LogP contribution in [-0.2, 0) is 0 Å². The molecule has 186 valence electrons. The van der Waals surface area contributed by atoms with Gasteiger partial charge in [-0.15, -0.1) is 0 Å². The van der Waals surface area contributed by atoms with Crippen molar-refractivity contribution in [2.24, 2.45) is 46.3 Å². The largest absolute Gasteiger partial charge is 0.416 e. The average Bonchev–Trinajstić information content (AvgIpc) is 3.03. The van der Waals surface area contributed by atoms with Gasteiger partial charge < -0.3 is 10.2 Å². The van der Waals surface area contributed by atoms with Gasteiger partial charge in [0.2, 0.25) is 0 Å². The minimum Gasteiger partial charge on any atom is -0.390 e. The maximum Gasteiger partial charge on any atom is 0.416 e. The summed E-state index contributed by atoms with van der Waals surface area (Å²) in [5.41, 5.74) is -2.55. The van der Waals surface area contributed by atoms with Crippen LogP contribution in [0.5, 0.6) is 0 Å². The molecule has 4 saturated carbocycles. The van der Waals surface area contributed by atoms with Crippen LogP contribution < -0.4 is 0 Å². The zero-order valence-corrected chi connectivity index (χ0v) is 20.8. The van der Waals surface area contributed by atoms with Crippen LogP contribution in [0.1, 0.15) is 105 Å². The lowest BCUT2D eigenvalue weighted by atomic mass is 9.43. The summed E-state index contributed by atoms with van der Waals surface area (Å²) >= 11 is 0. The zero-order chi connectivity index (χ0) is 23.7. The highest BCUT2D eigenvalue weighted by Crippen LogP contribution is 2.69. The van der Waals surface area contributed by atoms with Crippen LogP contribution in [0, 0.1) is 46.3 Å². The number of hydrogen-bond donors (Lipinski definition) is 2. The molecule has 4 rings (SSSR count). The maximum absolute atomic E-state index is 13.1. The Labute approximate surface area is 192 Å². The fourth-order valence-corrected chi connectivity index (χ4v) is 9.26. The highest BCUT2D eigenvalue weighted by atomic mass is 19.4. The molecule has 5 heteroatoms. The molecule has 4 aliphatic rings. The first-order valence-electron chi connectivity index (χ1n) is 13.1. The number of hydrogen-bond acceptors (Lipinski definition) is 2. The minimum atomic E-state index is -4.56. The Morgan fingerprint density at radius 2 is 1.56 bits per heavy atom. The fourth-order valence-electron chi connectivity index (χ4n) is 9.26. The van der Waals surface area contributed by atoms with Gasteiger partial charge in [0, 0.05) is 0 Å². The van der Waals surface area contributed by atoms with Gasteiger partial charge in [0.1, 0.15) is 0 Å². The number of fused-ring (bicyclic) bond motifs is 5. The Morgan fingerprint density at radius 3 is 2.22 bits per heavy atom. The summed E-state index contributed by atoms with van der Waals surface area (Å²) in [6.45, 7) is 9.99. The summed E-state index contributed by atoms with van der Waals surface area (Å²) in [5.74, 6) is 3.42. The second-order valence-corrected chi connectivity index (χ2v) is 13.4. The number of aliphatic hydroxyl groups is 2. The van der Waals surface area contributed by atoms with Gasteiger partial charge in [-0.2, -0.15) is 13.2 Å². The summed E-state index contributed by atoms with van der Waals surface area (Å²) in [4.78, 5) is 0. The zero-order valence-electron chi connectivity index (χ0n) is 20.8. The molecular weight excluding hydrogens is 413 g/mol. The summed E-state index contributed by atoms with van der Waals surface area (Å²) < 4.78 is 39.4. The van der Waals surface area contributed by atoms with Crippen molar-refractivity contribution < 1.29 is 23.4 Å². The van der Waals surface area contributed by atoms with Crippen LogP contribution in [-0.4, -0.2) is 27.6 Å². The van der Waals surface area contributed by atoms with E-state index in [4.69, 9.17) is 0 Å². The van der Waals surface area contributed by atoms with Crippen LogP contribution in [0.2, 0.25) is 0 Å². The lowest BCUT2D eigenvalue weighted by Crippen LogP contribution is -2.55. The van der Waals surface area contributed by atoms with E-state index in [-0.39, 0.29) is 17.8 Å². The number of alkyl halides is 3. The molecule has 0 spiro atoms. The standard InChI is InChI=1S/C27H45F3O2/c1-17(10-13-26(5,32)27(28,29)30)20-8-9-21-19-7-6-18-16-23(2,31)14-15-24(18,3)22(19)11-12-25(20,21)4/h17-22,31-32H,6-16H2,1-5H3/t17-,18+,19+,20-,21+,22+,23+,24+,25?,26?/m1/s1. The number of halogens is 3. The fraction of sp³-hybridized carbons (Fsp3) is 1.00. The molecule has 10 atom stereocenters. The van der Waals surface area contributed by atoms with Crippen LogP contribution in [0.15, 0.2) is 0 Å². The van der Waals surface area contributed by atoms with E-state index in [0.29, 0.717) is 29.6 Å². The molecule has 0 aromatic rings. The van der Waals surface area contributed by atoms with Gasteiger partial charge in [-0.05, 0) is 131 Å². The Bertz CT molecular complexity index is 702. The third-order valence-corrected chi connectivity index (χ3v) is 11.4. The molecule has 0 aromatic carbocycles. The second kappa shape index (κ2) is 7.86. The van der Waals surface area contributed by atoms with Crippen molar-refractivity contribution in [3.63, 3.8) is 0 Å². The van der Waals surface area contributed by atoms with Gasteiger partial charge >= 0.3 is 6.18 Å². The first-order chi connectivity index (χ1) is 14.6. The average molecular weight is 459 g/mol. The van der Waals surface area contributed by atoms with E-state index in [9.17, 15) is 23.4 Å². The van der Waals surface area contributed by atoms with Crippen molar-refractivity contribution in [2.75, 3.05) is 0 Å². The van der Waals surface area contributed by atoms with Gasteiger partial charge in [0.05, 0.1) is 5.60 Å². The quantitative estimate of drug-likeness (QED) is 0.471. The van der Waals surface area contributed by atoms with Gasteiger partial charge in [-0.25, -0.2) is 0 Å². The number of rotatable bonds is 4. The SMILES string of the molecule is C[C@H](CCC(C)(O)C(F)(F)F)[C@H]1CC[C@H]2[C@@H]3CC[C@H]4C[C@@](C)(O)CC[C@]4(C)[C@H]3CCC12C. The topological polar surface area (TPSA) is 40.5 Å². The minimum absolute atomic E-state index is 0.201. The lowest BCUT2D eigenvalue weighted by Gasteiger charge is -2.62. The molecule has 0 heterocycles. The van der Waals surface area contributed by atoms with Gasteiger partial charge in [-0.1, -0.05) is 20.8 Å². The highest BCUT2D eigenvalue weighted by molar-refractivity contribution is 5.10. The van der Waals surface area contributed by atoms with E-state index in [1.165, 1.54) is 32.1 Å². The molecule has 2 unspecified atom stereocenters. The Hall–Kier alpha value is -0.290. The molecule has 2 N–H and O–H groups in total. The predicted octanol–water partition coefficient (Wildman–Crippen LogP) is 7.13. The molecule has 0 saturated heterocycles. The predicted molar refractivity (Wildman–Crippen MR) is 121 cm³/mol. The van der Waals surface area contributed by atoms with Crippen molar-refractivity contribution >= 4 is 0 Å². The molecule has 0 amide bonds. The molecule has 0 radical (unpaired) electrons. The van der Waals surface area contributed by atoms with E-state index >= 15 is 0 Å². The summed E-state index contributed by atoms with van der Waals surface area (Å²) in [6, 6.07) is 0. The van der Waals surface area contributed by atoms with Crippen molar-refractivity contribution in [1.29, 1.82) is 0 Å². The monoisotopic (exact) mass is 458 g/mol. The third-order valence-electron chi connectivity index (χ3n) is 11.4. The van der Waals surface area contributed by atoms with E-state index in [1.807, 2.05) is 6.92 Å². The van der Waals surface area contributed by atoms with Crippen molar-refractivity contribution in [2.45, 2.75) is 123 Å². The molecule has 4 fully saturated rings. The molecule has 0 aliphatic heterocycles. The third kappa shape index (κ3) is 3.95. The van der Waals surface area contributed by atoms with E-state index in [0.717, 1.165) is 44.4 Å². The molecule has 2 nitrogen and oxygen atoms in total. The van der Waals surface area contributed by atoms with E-state index < -0.39 is 17.4 Å². The van der Waals surface area contributed by atoms with Gasteiger partial charge in [0.15, 0.2) is 5.60 Å². The van der Waals surface area contributed by atoms with Crippen molar-refractivity contribution in [3.8, 4) is 0 Å². The maximum atomic E-state index is 13.1. The van der Waals surface area contributed by atoms with Crippen LogP contribution in [0.4, 0.5) is 13.2 Å². The van der Waals surface area contributed by atoms with Crippen molar-refractivity contribution in [1.82, 2.24) is 0 Å². The van der Waals surface area contributed by atoms with Gasteiger partial charge in [-0.3, -0.25) is 0 Å². The summed E-state index contributed by atoms with van der Waals surface area (Å²) in [5, 5.41) is 20.6. The van der Waals surface area contributed by atoms with Gasteiger partial charge in [0.25, 0.3) is 0 Å². The highest BCUT2D eigenvalue weighted by Gasteiger charge is 2.61. The Kier molecular flexibility index (Phi) is 6.10. The van der Waals surface area contributed by atoms with E-state index in [2.05, 4.69) is 20.8 Å². The lowest BCUT2D eigenvalue weighted by molar-refractivity contribution is -0.256. The van der Waals surface area contributed by atoms with Crippen LogP contribution >= 0.6 is 0 Å². The Morgan fingerprint density at radius 1 is 0.906 bits per heavy atom. The van der Waals surface area contributed by atoms with Crippen LogP contribution in [0.25, 0.3) is 0 Å². The molecule has 0 bridgehead atoms. The molecular formula is C27H45F3O2. The normalized spacial score (nSPS) is 49.5. The first-order valence-corrected chi connectivity index (χ1v) is 13.1. The second-order valence-electron chi connectivity index (χ2n) is 13.4. The van der Waals surface area contributed by atoms with Crippen molar-refractivity contribution in [3.05, 3.63) is 0 Å². The Balaban J connectivity index is 1.46. The first kappa shape index (κ1) is 24.8. The molecule has 32 heavy (non-hydrogen) atoms. The summed E-state index contributed by atoms with van der Waals surface area (Å²) in [6.07, 6.45) is 5.85. The smallest absolute Gasteiger partial charge is 0.390 e. The summed E-state index contributed by atoms with van der Waals surface area (Å²) in [7, 11) is 0.